The highest BCUT2D eigenvalue weighted by molar-refractivity contribution is 6.09. The van der Waals surface area contributed by atoms with Gasteiger partial charge in [0.15, 0.2) is 16.6 Å². The number of hydrogen-bond acceptors (Lipinski definition) is 2. The van der Waals surface area contributed by atoms with Crippen molar-refractivity contribution in [3.05, 3.63) is 90.1 Å². The van der Waals surface area contributed by atoms with Crippen LogP contribution in [0.15, 0.2) is 83.3 Å². The topological polar surface area (TPSA) is 34.8 Å². The number of rotatable bonds is 2. The number of aryl methyl sites for hydroxylation is 3. The van der Waals surface area contributed by atoms with Crippen LogP contribution in [0.3, 0.4) is 0 Å². The van der Waals surface area contributed by atoms with Gasteiger partial charge in [-0.25, -0.2) is 9.55 Å². The van der Waals surface area contributed by atoms with Crippen molar-refractivity contribution in [3.63, 3.8) is 0 Å². The van der Waals surface area contributed by atoms with Gasteiger partial charge in [0.1, 0.15) is 11.3 Å². The lowest BCUT2D eigenvalue weighted by Crippen LogP contribution is -2.30. The van der Waals surface area contributed by atoms with Gasteiger partial charge >= 0.3 is 0 Å². The summed E-state index contributed by atoms with van der Waals surface area (Å²) < 4.78 is 33.9. The molecule has 0 aliphatic rings. The lowest BCUT2D eigenvalue weighted by atomic mass is 10.0. The van der Waals surface area contributed by atoms with E-state index in [1.807, 2.05) is 36.4 Å². The normalized spacial score (nSPS) is 13.5. The Morgan fingerprint density at radius 2 is 1.68 bits per heavy atom. The van der Waals surface area contributed by atoms with E-state index in [-0.39, 0.29) is 5.69 Å². The molecule has 3 aromatic carbocycles. The third-order valence-electron chi connectivity index (χ3n) is 5.97. The Hall–Kier alpha value is -3.92. The highest BCUT2D eigenvalue weighted by Crippen LogP contribution is 2.38. The van der Waals surface area contributed by atoms with E-state index >= 15 is 0 Å². The molecule has 31 heavy (non-hydrogen) atoms. The Morgan fingerprint density at radius 3 is 2.52 bits per heavy atom. The van der Waals surface area contributed by atoms with Crippen molar-refractivity contribution in [1.82, 2.24) is 9.55 Å². The number of hydrogen-bond donors (Lipinski definition) is 0. The van der Waals surface area contributed by atoms with Crippen molar-refractivity contribution < 1.29 is 13.1 Å². The quantitative estimate of drug-likeness (QED) is 0.328. The molecule has 0 radical (unpaired) electrons. The predicted molar refractivity (Wildman–Crippen MR) is 124 cm³/mol. The largest absolute Gasteiger partial charge is 0.437 e. The zero-order chi connectivity index (χ0) is 23.6. The van der Waals surface area contributed by atoms with Crippen molar-refractivity contribution in [2.75, 3.05) is 0 Å². The van der Waals surface area contributed by atoms with Crippen molar-refractivity contribution in [1.29, 1.82) is 0 Å². The van der Waals surface area contributed by atoms with Crippen LogP contribution in [0.1, 0.15) is 15.4 Å². The molecule has 150 valence electrons. The molecule has 4 heteroatoms. The smallest absolute Gasteiger partial charge is 0.298 e. The van der Waals surface area contributed by atoms with E-state index in [9.17, 15) is 0 Å². The molecular formula is C27H22N3O+. The van der Waals surface area contributed by atoms with Gasteiger partial charge in [-0.15, -0.1) is 0 Å². The van der Waals surface area contributed by atoms with E-state index in [1.165, 1.54) is 0 Å². The summed E-state index contributed by atoms with van der Waals surface area (Å²) in [6.45, 7) is -0.228. The second-order valence-electron chi connectivity index (χ2n) is 7.83. The minimum Gasteiger partial charge on any atom is -0.437 e. The third kappa shape index (κ3) is 2.55. The van der Waals surface area contributed by atoms with Gasteiger partial charge in [0.05, 0.1) is 7.05 Å². The monoisotopic (exact) mass is 407 g/mol. The third-order valence-corrected chi connectivity index (χ3v) is 5.97. The van der Waals surface area contributed by atoms with Gasteiger partial charge in [0.2, 0.25) is 5.71 Å². The standard InChI is InChI=1S/C27H22N3O/c1-17-13-15-20-21-16-14-18(2)28-26(21)31-25(20)24(17)27-29(3)22-11-7-8-12-23(22)30(27)19-9-5-4-6-10-19/h4-16H,1-3H3/q+1/i2D3. The molecule has 4 nitrogen and oxygen atoms in total. The summed E-state index contributed by atoms with van der Waals surface area (Å²) in [6, 6.07) is 26.0. The van der Waals surface area contributed by atoms with Crippen LogP contribution >= 0.6 is 0 Å². The first kappa shape index (κ1) is 15.0. The fourth-order valence-corrected chi connectivity index (χ4v) is 4.53. The van der Waals surface area contributed by atoms with Crippen molar-refractivity contribution in [2.45, 2.75) is 13.8 Å². The number of para-hydroxylation sites is 3. The highest BCUT2D eigenvalue weighted by Gasteiger charge is 2.30. The van der Waals surface area contributed by atoms with E-state index in [0.29, 0.717) is 11.3 Å². The number of furan rings is 1. The fraction of sp³-hybridized carbons (Fsp3) is 0.111. The van der Waals surface area contributed by atoms with Gasteiger partial charge in [-0.05, 0) is 55.7 Å². The van der Waals surface area contributed by atoms with Gasteiger partial charge in [0, 0.05) is 20.6 Å². The second kappa shape index (κ2) is 6.54. The molecule has 0 aliphatic heterocycles. The molecule has 0 aliphatic carbocycles. The summed E-state index contributed by atoms with van der Waals surface area (Å²) in [5.74, 6) is 0.977. The van der Waals surface area contributed by atoms with Crippen molar-refractivity contribution in [3.8, 4) is 17.1 Å². The molecule has 0 bridgehead atoms. The average Bonchev–Trinajstić information content (AvgIpc) is 3.34. The number of pyridine rings is 1. The Morgan fingerprint density at radius 1 is 0.903 bits per heavy atom. The maximum atomic E-state index is 7.73. The van der Waals surface area contributed by atoms with Crippen LogP contribution < -0.4 is 4.57 Å². The van der Waals surface area contributed by atoms with Crippen LogP contribution in [0.25, 0.3) is 50.2 Å². The van der Waals surface area contributed by atoms with Crippen molar-refractivity contribution >= 4 is 33.1 Å². The SMILES string of the molecule is [2H]C([2H])([2H])c1ccc2c(n1)oc1c(-c3n(-c4ccccc4)c4ccccc4[n+]3C)c(C)ccc12. The number of imidazole rings is 1. The first-order valence-corrected chi connectivity index (χ1v) is 10.2. The van der Waals surface area contributed by atoms with Crippen LogP contribution in [0.2, 0.25) is 0 Å². The van der Waals surface area contributed by atoms with Crippen LogP contribution in [0, 0.1) is 13.8 Å². The van der Waals surface area contributed by atoms with E-state index in [4.69, 9.17) is 8.53 Å². The van der Waals surface area contributed by atoms with Crippen LogP contribution in [-0.2, 0) is 7.05 Å². The molecule has 0 fully saturated rings. The van der Waals surface area contributed by atoms with E-state index in [1.54, 1.807) is 12.1 Å². The first-order valence-electron chi connectivity index (χ1n) is 11.7. The van der Waals surface area contributed by atoms with Gasteiger partial charge in [-0.2, -0.15) is 4.57 Å². The highest BCUT2D eigenvalue weighted by atomic mass is 16.3. The number of nitrogens with zero attached hydrogens (tertiary/aromatic N) is 3. The van der Waals surface area contributed by atoms with Crippen molar-refractivity contribution in [2.24, 2.45) is 7.05 Å². The number of fused-ring (bicyclic) bond motifs is 4. The molecule has 0 amide bonds. The molecule has 3 aromatic heterocycles. The summed E-state index contributed by atoms with van der Waals surface area (Å²) in [4.78, 5) is 4.35. The molecule has 6 aromatic rings. The number of aromatic nitrogens is 3. The summed E-state index contributed by atoms with van der Waals surface area (Å²) in [5, 5.41) is 1.71. The van der Waals surface area contributed by atoms with E-state index < -0.39 is 6.85 Å². The summed E-state index contributed by atoms with van der Waals surface area (Å²) in [7, 11) is 2.06. The minimum absolute atomic E-state index is 0.0290. The molecule has 0 saturated carbocycles. The van der Waals surface area contributed by atoms with Crippen LogP contribution in [0.4, 0.5) is 0 Å². The zero-order valence-corrected chi connectivity index (χ0v) is 17.3. The molecule has 0 unspecified atom stereocenters. The summed E-state index contributed by atoms with van der Waals surface area (Å²) in [5.41, 5.74) is 6.29. The zero-order valence-electron chi connectivity index (χ0n) is 20.3. The van der Waals surface area contributed by atoms with Crippen LogP contribution in [0.5, 0.6) is 0 Å². The molecule has 0 atom stereocenters. The lowest BCUT2D eigenvalue weighted by molar-refractivity contribution is -0.633. The molecule has 0 N–H and O–H groups in total. The van der Waals surface area contributed by atoms with E-state index in [0.717, 1.165) is 44.4 Å². The van der Waals surface area contributed by atoms with Gasteiger partial charge < -0.3 is 4.42 Å². The first-order chi connectivity index (χ1) is 16.3. The van der Waals surface area contributed by atoms with Crippen LogP contribution in [-0.4, -0.2) is 9.55 Å². The fourth-order valence-electron chi connectivity index (χ4n) is 4.53. The molecule has 0 spiro atoms. The Bertz CT molecular complexity index is 1710. The Kier molecular flexibility index (Phi) is 3.16. The predicted octanol–water partition coefficient (Wildman–Crippen LogP) is 6.03. The molecule has 0 saturated heterocycles. The maximum absolute atomic E-state index is 7.73. The van der Waals surface area contributed by atoms with E-state index in [2.05, 4.69) is 58.4 Å². The molecule has 3 heterocycles. The minimum atomic E-state index is -2.29. The van der Waals surface area contributed by atoms with Gasteiger partial charge in [-0.1, -0.05) is 42.5 Å². The Labute approximate surface area is 184 Å². The summed E-state index contributed by atoms with van der Waals surface area (Å²) in [6.07, 6.45) is 0. The summed E-state index contributed by atoms with van der Waals surface area (Å²) >= 11 is 0. The average molecular weight is 408 g/mol. The molecular weight excluding hydrogens is 382 g/mol. The number of benzene rings is 3. The maximum Gasteiger partial charge on any atom is 0.298 e. The lowest BCUT2D eigenvalue weighted by Gasteiger charge is -2.07. The molecule has 6 rings (SSSR count). The Balaban J connectivity index is 1.75. The van der Waals surface area contributed by atoms with Gasteiger partial charge in [-0.3, -0.25) is 0 Å². The second-order valence-corrected chi connectivity index (χ2v) is 7.83. The van der Waals surface area contributed by atoms with Gasteiger partial charge in [0.25, 0.3) is 5.82 Å².